The van der Waals surface area contributed by atoms with E-state index < -0.39 is 0 Å². The summed E-state index contributed by atoms with van der Waals surface area (Å²) in [5.41, 5.74) is 1.94. The van der Waals surface area contributed by atoms with Gasteiger partial charge in [0, 0.05) is 13.6 Å². The largest absolute Gasteiger partial charge is 0.490 e. The number of nitrogens with one attached hydrogen (secondary N) is 1. The maximum absolute atomic E-state index is 6.05. The highest BCUT2D eigenvalue weighted by molar-refractivity contribution is 6.42. The number of anilines is 1. The van der Waals surface area contributed by atoms with E-state index in [2.05, 4.69) is 20.8 Å². The van der Waals surface area contributed by atoms with Gasteiger partial charge in [-0.15, -0.1) is 0 Å². The number of hydrogen-bond acceptors (Lipinski definition) is 6. The second-order valence-corrected chi connectivity index (χ2v) is 6.55. The number of halogens is 2. The summed E-state index contributed by atoms with van der Waals surface area (Å²) in [6.45, 7) is 3.38. The Kier molecular flexibility index (Phi) is 6.36. The van der Waals surface area contributed by atoms with E-state index in [4.69, 9.17) is 32.7 Å². The normalized spacial score (nSPS) is 10.7. The van der Waals surface area contributed by atoms with Gasteiger partial charge in [0.05, 0.1) is 16.7 Å². The summed E-state index contributed by atoms with van der Waals surface area (Å²) in [5.74, 6) is 1.92. The van der Waals surface area contributed by atoms with Crippen molar-refractivity contribution in [1.82, 2.24) is 20.2 Å². The Bertz CT molecular complexity index is 917. The molecule has 0 aliphatic rings. The third kappa shape index (κ3) is 5.02. The van der Waals surface area contributed by atoms with Gasteiger partial charge in [0.2, 0.25) is 5.95 Å². The molecule has 3 aromatic rings. The highest BCUT2D eigenvalue weighted by Crippen LogP contribution is 2.30. The molecule has 0 saturated heterocycles. The fraction of sp³-hybridized carbons (Fsp3) is 0.278. The smallest absolute Gasteiger partial charge is 0.242 e. The van der Waals surface area contributed by atoms with Crippen LogP contribution >= 0.6 is 23.2 Å². The van der Waals surface area contributed by atoms with Crippen molar-refractivity contribution in [2.24, 2.45) is 7.05 Å². The summed E-state index contributed by atoms with van der Waals surface area (Å²) < 4.78 is 13.2. The van der Waals surface area contributed by atoms with Crippen LogP contribution in [-0.4, -0.2) is 26.8 Å². The molecule has 1 heterocycles. The molecule has 1 N–H and O–H groups in total. The molecule has 7 nitrogen and oxygen atoms in total. The highest BCUT2D eigenvalue weighted by Gasteiger charge is 2.09. The molecule has 2 aromatic carbocycles. The van der Waals surface area contributed by atoms with Gasteiger partial charge in [-0.05, 0) is 52.7 Å². The van der Waals surface area contributed by atoms with Crippen molar-refractivity contribution in [3.63, 3.8) is 0 Å². The van der Waals surface area contributed by atoms with E-state index in [9.17, 15) is 0 Å². The summed E-state index contributed by atoms with van der Waals surface area (Å²) in [5, 5.41) is 15.5. The molecular formula is C18H19Cl2N5O2. The molecule has 0 saturated carbocycles. The summed E-state index contributed by atoms with van der Waals surface area (Å²) >= 11 is 12.0. The average molecular weight is 408 g/mol. The van der Waals surface area contributed by atoms with Crippen LogP contribution in [0.1, 0.15) is 18.1 Å². The van der Waals surface area contributed by atoms with Gasteiger partial charge in [-0.25, -0.2) is 4.68 Å². The summed E-state index contributed by atoms with van der Waals surface area (Å²) in [6, 6.07) is 11.2. The molecule has 0 spiro atoms. The van der Waals surface area contributed by atoms with Crippen LogP contribution in [0.25, 0.3) is 0 Å². The fourth-order valence-corrected chi connectivity index (χ4v) is 2.72. The number of rotatable bonds is 8. The Hall–Kier alpha value is -2.51. The van der Waals surface area contributed by atoms with Crippen LogP contribution < -0.4 is 14.8 Å². The molecule has 0 radical (unpaired) electrons. The van der Waals surface area contributed by atoms with Crippen molar-refractivity contribution < 1.29 is 9.47 Å². The van der Waals surface area contributed by atoms with Crippen molar-refractivity contribution >= 4 is 29.2 Å². The van der Waals surface area contributed by atoms with Gasteiger partial charge in [0.15, 0.2) is 11.5 Å². The quantitative estimate of drug-likeness (QED) is 0.605. The number of hydrogen-bond donors (Lipinski definition) is 1. The zero-order valence-electron chi connectivity index (χ0n) is 14.9. The lowest BCUT2D eigenvalue weighted by Gasteiger charge is -2.14. The molecule has 0 bridgehead atoms. The fourth-order valence-electron chi connectivity index (χ4n) is 2.40. The van der Waals surface area contributed by atoms with Crippen LogP contribution in [0.3, 0.4) is 0 Å². The maximum Gasteiger partial charge on any atom is 0.242 e. The zero-order valence-corrected chi connectivity index (χ0v) is 16.5. The first kappa shape index (κ1) is 19.3. The van der Waals surface area contributed by atoms with Gasteiger partial charge in [0.25, 0.3) is 0 Å². The number of benzene rings is 2. The van der Waals surface area contributed by atoms with Gasteiger partial charge in [0.1, 0.15) is 6.61 Å². The predicted molar refractivity (Wildman–Crippen MR) is 105 cm³/mol. The Morgan fingerprint density at radius 3 is 2.52 bits per heavy atom. The minimum absolute atomic E-state index is 0.360. The van der Waals surface area contributed by atoms with Gasteiger partial charge >= 0.3 is 0 Å². The second kappa shape index (κ2) is 8.92. The maximum atomic E-state index is 6.05. The van der Waals surface area contributed by atoms with E-state index in [1.165, 1.54) is 0 Å². The second-order valence-electron chi connectivity index (χ2n) is 5.73. The highest BCUT2D eigenvalue weighted by atomic mass is 35.5. The molecule has 142 valence electrons. The average Bonchev–Trinajstić information content (AvgIpc) is 3.07. The molecule has 9 heteroatoms. The molecule has 0 aliphatic heterocycles. The number of tetrazole rings is 1. The Morgan fingerprint density at radius 1 is 1.00 bits per heavy atom. The molecule has 27 heavy (non-hydrogen) atoms. The predicted octanol–water partition coefficient (Wildman–Crippen LogP) is 4.11. The molecule has 0 fully saturated rings. The summed E-state index contributed by atoms with van der Waals surface area (Å²) in [7, 11) is 1.77. The van der Waals surface area contributed by atoms with Crippen LogP contribution in [0.2, 0.25) is 10.0 Å². The topological polar surface area (TPSA) is 74.1 Å². The number of nitrogens with zero attached hydrogens (tertiary/aromatic N) is 4. The van der Waals surface area contributed by atoms with Gasteiger partial charge < -0.3 is 14.8 Å². The van der Waals surface area contributed by atoms with Gasteiger partial charge in [-0.1, -0.05) is 40.4 Å². The molecule has 0 unspecified atom stereocenters. The molecular weight excluding hydrogens is 389 g/mol. The van der Waals surface area contributed by atoms with E-state index in [1.807, 2.05) is 31.2 Å². The van der Waals surface area contributed by atoms with E-state index in [0.717, 1.165) is 11.1 Å². The first-order chi connectivity index (χ1) is 13.1. The molecule has 0 atom stereocenters. The number of ether oxygens (including phenoxy) is 2. The third-order valence-corrected chi connectivity index (χ3v) is 4.50. The Labute approximate surface area is 167 Å². The summed E-state index contributed by atoms with van der Waals surface area (Å²) in [6.07, 6.45) is 0. The van der Waals surface area contributed by atoms with Crippen LogP contribution in [0.4, 0.5) is 5.95 Å². The lowest BCUT2D eigenvalue weighted by atomic mass is 10.2. The molecule has 0 amide bonds. The van der Waals surface area contributed by atoms with Crippen LogP contribution in [0.5, 0.6) is 11.5 Å². The van der Waals surface area contributed by atoms with E-state index >= 15 is 0 Å². The van der Waals surface area contributed by atoms with Crippen molar-refractivity contribution in [1.29, 1.82) is 0 Å². The van der Waals surface area contributed by atoms with E-state index in [-0.39, 0.29) is 0 Å². The minimum Gasteiger partial charge on any atom is -0.490 e. The molecule has 0 aliphatic carbocycles. The van der Waals surface area contributed by atoms with Gasteiger partial charge in [-0.2, -0.15) is 0 Å². The van der Waals surface area contributed by atoms with E-state index in [1.54, 1.807) is 23.9 Å². The van der Waals surface area contributed by atoms with Crippen molar-refractivity contribution in [2.45, 2.75) is 20.1 Å². The van der Waals surface area contributed by atoms with Crippen LogP contribution in [0.15, 0.2) is 36.4 Å². The lowest BCUT2D eigenvalue weighted by Crippen LogP contribution is -2.06. The summed E-state index contributed by atoms with van der Waals surface area (Å²) in [4.78, 5) is 0. The first-order valence-electron chi connectivity index (χ1n) is 8.35. The van der Waals surface area contributed by atoms with E-state index in [0.29, 0.717) is 47.3 Å². The lowest BCUT2D eigenvalue weighted by molar-refractivity contribution is 0.269. The standard InChI is InChI=1S/C18H19Cl2N5O2/c1-3-26-17-9-12(10-21-18-22-23-24-25(18)2)5-7-16(17)27-11-13-4-6-14(19)15(20)8-13/h4-9H,3,10-11H2,1-2H3,(H,21,22,24). The van der Waals surface area contributed by atoms with Crippen molar-refractivity contribution in [3.05, 3.63) is 57.6 Å². The first-order valence-corrected chi connectivity index (χ1v) is 9.11. The third-order valence-electron chi connectivity index (χ3n) is 3.76. The minimum atomic E-state index is 0.360. The molecule has 1 aromatic heterocycles. The number of aromatic nitrogens is 4. The number of aryl methyl sites for hydroxylation is 1. The SMILES string of the molecule is CCOc1cc(CNc2nnnn2C)ccc1OCc1ccc(Cl)c(Cl)c1. The monoisotopic (exact) mass is 407 g/mol. The zero-order chi connectivity index (χ0) is 19.2. The van der Waals surface area contributed by atoms with Crippen molar-refractivity contribution in [2.75, 3.05) is 11.9 Å². The Balaban J connectivity index is 1.69. The van der Waals surface area contributed by atoms with Crippen molar-refractivity contribution in [3.8, 4) is 11.5 Å². The van der Waals surface area contributed by atoms with Crippen LogP contribution in [0, 0.1) is 0 Å². The van der Waals surface area contributed by atoms with Crippen LogP contribution in [-0.2, 0) is 20.2 Å². The Morgan fingerprint density at radius 2 is 1.81 bits per heavy atom. The van der Waals surface area contributed by atoms with Gasteiger partial charge in [-0.3, -0.25) is 0 Å². The molecule has 3 rings (SSSR count).